The van der Waals surface area contributed by atoms with E-state index in [1.54, 1.807) is 6.20 Å². The molecule has 0 spiro atoms. The smallest absolute Gasteiger partial charge is 0.283 e. The van der Waals surface area contributed by atoms with Crippen LogP contribution >= 0.6 is 11.8 Å². The lowest BCUT2D eigenvalue weighted by atomic mass is 9.97. The molecule has 4 rings (SSSR count). The minimum absolute atomic E-state index is 0.0353. The van der Waals surface area contributed by atoms with Crippen molar-refractivity contribution in [1.82, 2.24) is 5.32 Å². The van der Waals surface area contributed by atoms with Crippen molar-refractivity contribution >= 4 is 34.2 Å². The highest BCUT2D eigenvalue weighted by molar-refractivity contribution is 8.14. The topological polar surface area (TPSA) is 67.4 Å². The van der Waals surface area contributed by atoms with Gasteiger partial charge in [0, 0.05) is 6.20 Å². The average Bonchev–Trinajstić information content (AvgIpc) is 2.62. The van der Waals surface area contributed by atoms with Crippen molar-refractivity contribution in [3.8, 4) is 5.75 Å². The van der Waals surface area contributed by atoms with Crippen LogP contribution in [0, 0.1) is 0 Å². The molecule has 0 aliphatic carbocycles. The molecule has 2 N–H and O–H groups in total. The SMILES string of the molecule is O=C1COc2ccc(C3=CNC(=O)SC3c3ccccc3)cc2N1. The maximum atomic E-state index is 11.8. The summed E-state index contributed by atoms with van der Waals surface area (Å²) in [7, 11) is 0. The molecule has 1 unspecified atom stereocenters. The van der Waals surface area contributed by atoms with Crippen molar-refractivity contribution in [1.29, 1.82) is 0 Å². The summed E-state index contributed by atoms with van der Waals surface area (Å²) in [4.78, 5) is 23.4. The van der Waals surface area contributed by atoms with Gasteiger partial charge in [-0.2, -0.15) is 0 Å². The number of ether oxygens (including phenoxy) is 1. The van der Waals surface area contributed by atoms with Crippen LogP contribution in [0.1, 0.15) is 16.4 Å². The molecule has 0 aromatic heterocycles. The van der Waals surface area contributed by atoms with E-state index in [-0.39, 0.29) is 23.0 Å². The molecule has 2 aliphatic rings. The zero-order valence-corrected chi connectivity index (χ0v) is 13.4. The van der Waals surface area contributed by atoms with E-state index in [1.165, 1.54) is 11.8 Å². The number of benzene rings is 2. The van der Waals surface area contributed by atoms with Gasteiger partial charge in [0.1, 0.15) is 5.75 Å². The van der Waals surface area contributed by atoms with Gasteiger partial charge in [0.2, 0.25) is 0 Å². The minimum Gasteiger partial charge on any atom is -0.482 e. The molecule has 0 fully saturated rings. The highest BCUT2D eigenvalue weighted by Gasteiger charge is 2.27. The molecule has 2 amide bonds. The van der Waals surface area contributed by atoms with Gasteiger partial charge >= 0.3 is 0 Å². The molecule has 0 bridgehead atoms. The Hall–Kier alpha value is -2.73. The summed E-state index contributed by atoms with van der Waals surface area (Å²) in [6.45, 7) is 0.0353. The van der Waals surface area contributed by atoms with E-state index in [0.717, 1.165) is 16.7 Å². The van der Waals surface area contributed by atoms with Crippen LogP contribution in [0.2, 0.25) is 0 Å². The van der Waals surface area contributed by atoms with Crippen LogP contribution in [0.3, 0.4) is 0 Å². The first-order chi connectivity index (χ1) is 11.7. The number of carbonyl (C=O) groups excluding carboxylic acids is 2. The van der Waals surface area contributed by atoms with Crippen molar-refractivity contribution in [2.24, 2.45) is 0 Å². The second-order valence-corrected chi connectivity index (χ2v) is 6.57. The van der Waals surface area contributed by atoms with E-state index in [1.807, 2.05) is 48.5 Å². The minimum atomic E-state index is -0.167. The van der Waals surface area contributed by atoms with Crippen LogP contribution in [0.5, 0.6) is 5.75 Å². The Morgan fingerprint density at radius 1 is 1.08 bits per heavy atom. The number of anilines is 1. The van der Waals surface area contributed by atoms with Gasteiger partial charge in [-0.1, -0.05) is 48.2 Å². The number of fused-ring (bicyclic) bond motifs is 1. The summed E-state index contributed by atoms with van der Waals surface area (Å²) in [5.41, 5.74) is 3.62. The van der Waals surface area contributed by atoms with Crippen LogP contribution < -0.4 is 15.4 Å². The monoisotopic (exact) mass is 338 g/mol. The zero-order chi connectivity index (χ0) is 16.5. The standard InChI is InChI=1S/C18H14N2O3S/c21-16-10-23-15-7-6-12(8-14(15)20-16)13-9-19-18(22)24-17(13)11-4-2-1-3-5-11/h1-9,17H,10H2,(H,19,22)(H,20,21). The summed E-state index contributed by atoms with van der Waals surface area (Å²) in [5, 5.41) is 5.40. The number of hydrogen-bond donors (Lipinski definition) is 2. The van der Waals surface area contributed by atoms with E-state index in [0.29, 0.717) is 11.4 Å². The lowest BCUT2D eigenvalue weighted by Crippen LogP contribution is -2.25. The van der Waals surface area contributed by atoms with Gasteiger partial charge in [-0.3, -0.25) is 9.59 Å². The molecule has 120 valence electrons. The van der Waals surface area contributed by atoms with Crippen molar-refractivity contribution in [3.05, 3.63) is 65.9 Å². The second kappa shape index (κ2) is 6.05. The predicted octanol–water partition coefficient (Wildman–Crippen LogP) is 3.56. The van der Waals surface area contributed by atoms with Crippen LogP contribution in [0.25, 0.3) is 5.57 Å². The Labute approximate surface area is 143 Å². The fraction of sp³-hybridized carbons (Fsp3) is 0.111. The van der Waals surface area contributed by atoms with Gasteiger partial charge in [0.15, 0.2) is 6.61 Å². The van der Waals surface area contributed by atoms with Gasteiger partial charge in [0.25, 0.3) is 11.1 Å². The van der Waals surface area contributed by atoms with Crippen molar-refractivity contribution in [2.45, 2.75) is 5.25 Å². The fourth-order valence-electron chi connectivity index (χ4n) is 2.79. The third kappa shape index (κ3) is 2.76. The number of amides is 2. The molecule has 0 radical (unpaired) electrons. The molecule has 0 saturated heterocycles. The Morgan fingerprint density at radius 2 is 1.92 bits per heavy atom. The Balaban J connectivity index is 1.75. The first kappa shape index (κ1) is 14.8. The summed E-state index contributed by atoms with van der Waals surface area (Å²) in [6, 6.07) is 15.5. The van der Waals surface area contributed by atoms with Gasteiger partial charge in [0.05, 0.1) is 10.9 Å². The van der Waals surface area contributed by atoms with Crippen LogP contribution in [-0.2, 0) is 4.79 Å². The largest absolute Gasteiger partial charge is 0.482 e. The zero-order valence-electron chi connectivity index (χ0n) is 12.6. The first-order valence-electron chi connectivity index (χ1n) is 7.50. The van der Waals surface area contributed by atoms with E-state index in [9.17, 15) is 9.59 Å². The first-order valence-corrected chi connectivity index (χ1v) is 8.38. The highest BCUT2D eigenvalue weighted by Crippen LogP contribution is 2.44. The highest BCUT2D eigenvalue weighted by atomic mass is 32.2. The molecule has 2 aromatic carbocycles. The number of rotatable bonds is 2. The third-order valence-corrected chi connectivity index (χ3v) is 4.99. The summed E-state index contributed by atoms with van der Waals surface area (Å²) in [6.07, 6.45) is 1.74. The average molecular weight is 338 g/mol. The van der Waals surface area contributed by atoms with Crippen molar-refractivity contribution in [2.75, 3.05) is 11.9 Å². The molecule has 2 aliphatic heterocycles. The third-order valence-electron chi connectivity index (χ3n) is 3.90. The number of nitrogens with one attached hydrogen (secondary N) is 2. The molecule has 2 aromatic rings. The Kier molecular flexibility index (Phi) is 3.74. The molecule has 0 saturated carbocycles. The van der Waals surface area contributed by atoms with Crippen molar-refractivity contribution in [3.63, 3.8) is 0 Å². The fourth-order valence-corrected chi connectivity index (χ4v) is 3.76. The van der Waals surface area contributed by atoms with E-state index >= 15 is 0 Å². The summed E-state index contributed by atoms with van der Waals surface area (Å²) < 4.78 is 5.40. The van der Waals surface area contributed by atoms with Gasteiger partial charge in [-0.25, -0.2) is 0 Å². The second-order valence-electron chi connectivity index (χ2n) is 5.49. The molecule has 6 heteroatoms. The Morgan fingerprint density at radius 3 is 2.75 bits per heavy atom. The van der Waals surface area contributed by atoms with Gasteiger partial charge in [-0.05, 0) is 28.8 Å². The number of hydrogen-bond acceptors (Lipinski definition) is 4. The quantitative estimate of drug-likeness (QED) is 0.879. The normalized spacial score (nSPS) is 19.5. The van der Waals surface area contributed by atoms with Gasteiger partial charge < -0.3 is 15.4 Å². The molecule has 24 heavy (non-hydrogen) atoms. The lowest BCUT2D eigenvalue weighted by molar-refractivity contribution is -0.118. The molecular weight excluding hydrogens is 324 g/mol. The van der Waals surface area contributed by atoms with E-state index < -0.39 is 0 Å². The Bertz CT molecular complexity index is 849. The molecular formula is C18H14N2O3S. The van der Waals surface area contributed by atoms with Crippen LogP contribution in [0.4, 0.5) is 10.5 Å². The maximum Gasteiger partial charge on any atom is 0.283 e. The van der Waals surface area contributed by atoms with Crippen LogP contribution in [-0.4, -0.2) is 17.8 Å². The van der Waals surface area contributed by atoms with Gasteiger partial charge in [-0.15, -0.1) is 0 Å². The number of carbonyl (C=O) groups is 2. The van der Waals surface area contributed by atoms with Crippen LogP contribution in [0.15, 0.2) is 54.7 Å². The van der Waals surface area contributed by atoms with E-state index in [4.69, 9.17) is 4.74 Å². The lowest BCUT2D eigenvalue weighted by Gasteiger charge is -2.25. The molecule has 5 nitrogen and oxygen atoms in total. The predicted molar refractivity (Wildman–Crippen MR) is 93.8 cm³/mol. The van der Waals surface area contributed by atoms with Crippen molar-refractivity contribution < 1.29 is 14.3 Å². The van der Waals surface area contributed by atoms with E-state index in [2.05, 4.69) is 10.6 Å². The summed E-state index contributed by atoms with van der Waals surface area (Å²) in [5.74, 6) is 0.488. The maximum absolute atomic E-state index is 11.8. The number of thioether (sulfide) groups is 1. The molecule has 1 atom stereocenters. The summed E-state index contributed by atoms with van der Waals surface area (Å²) >= 11 is 1.24. The molecule has 2 heterocycles.